The predicted molar refractivity (Wildman–Crippen MR) is 299 cm³/mol. The number of carboxylic acid groups (broad SMARTS) is 1. The number of nitro benzene ring substituents is 1. The number of primary amides is 1. The van der Waals surface area contributed by atoms with Crippen LogP contribution in [0.4, 0.5) is 25.8 Å². The molecular formula is C59H87N7O14. The van der Waals surface area contributed by atoms with Crippen molar-refractivity contribution in [1.82, 2.24) is 21.0 Å². The molecule has 0 spiro atoms. The second-order valence-electron chi connectivity index (χ2n) is 23.7. The number of fused-ring (bicyclic) bond motifs is 5. The molecule has 442 valence electrons. The van der Waals surface area contributed by atoms with Crippen LogP contribution in [0.25, 0.3) is 0 Å². The molecule has 0 aromatic heterocycles. The largest absolute Gasteiger partial charge is 0.514 e. The summed E-state index contributed by atoms with van der Waals surface area (Å²) < 4.78 is 21.4. The van der Waals surface area contributed by atoms with E-state index >= 15 is 0 Å². The normalized spacial score (nSPS) is 24.2. The van der Waals surface area contributed by atoms with Gasteiger partial charge in [-0.25, -0.2) is 14.4 Å². The highest BCUT2D eigenvalue weighted by Gasteiger charge is 2.59. The van der Waals surface area contributed by atoms with E-state index < -0.39 is 65.5 Å². The van der Waals surface area contributed by atoms with E-state index in [0.717, 1.165) is 54.4 Å². The van der Waals surface area contributed by atoms with Crippen molar-refractivity contribution in [3.8, 4) is 5.75 Å². The molecule has 6 amide bonds. The van der Waals surface area contributed by atoms with Gasteiger partial charge >= 0.3 is 18.3 Å². The Morgan fingerprint density at radius 1 is 0.838 bits per heavy atom. The summed E-state index contributed by atoms with van der Waals surface area (Å²) in [5.74, 6) is 2.32. The van der Waals surface area contributed by atoms with Crippen LogP contribution in [0.1, 0.15) is 138 Å². The summed E-state index contributed by atoms with van der Waals surface area (Å²) in [5, 5.41) is 32.5. The lowest BCUT2D eigenvalue weighted by atomic mass is 9.47. The van der Waals surface area contributed by atoms with Gasteiger partial charge in [-0.1, -0.05) is 91.5 Å². The molecule has 2 aromatic rings. The Bertz CT molecular complexity index is 2460. The summed E-state index contributed by atoms with van der Waals surface area (Å²) >= 11 is 0. The Morgan fingerprint density at radius 2 is 1.56 bits per heavy atom. The molecule has 80 heavy (non-hydrogen) atoms. The summed E-state index contributed by atoms with van der Waals surface area (Å²) in [5.41, 5.74) is 7.89. The monoisotopic (exact) mass is 1120 g/mol. The number of allylic oxidation sites excluding steroid dienone is 1. The van der Waals surface area contributed by atoms with Crippen molar-refractivity contribution in [1.29, 1.82) is 0 Å². The highest BCUT2D eigenvalue weighted by atomic mass is 16.7. The van der Waals surface area contributed by atoms with Gasteiger partial charge in [0.2, 0.25) is 17.7 Å². The highest BCUT2D eigenvalue weighted by Crippen LogP contribution is 2.67. The molecule has 0 bridgehead atoms. The fraction of sp³-hybridized carbons (Fsp3) is 0.661. The van der Waals surface area contributed by atoms with Gasteiger partial charge in [-0.05, 0) is 146 Å². The molecule has 7 N–H and O–H groups in total. The Kier molecular flexibility index (Phi) is 23.1. The molecule has 6 rings (SSSR count). The van der Waals surface area contributed by atoms with Gasteiger partial charge in [0.15, 0.2) is 0 Å². The number of nitrogens with zero attached hydrogens (tertiary/aromatic N) is 2. The van der Waals surface area contributed by atoms with Crippen LogP contribution in [0.2, 0.25) is 0 Å². The summed E-state index contributed by atoms with van der Waals surface area (Å²) in [4.78, 5) is 92.6. The average molecular weight is 1120 g/mol. The summed E-state index contributed by atoms with van der Waals surface area (Å²) in [6.07, 6.45) is 13.2. The molecular weight excluding hydrogens is 1030 g/mol. The first-order chi connectivity index (χ1) is 38.1. The van der Waals surface area contributed by atoms with Crippen molar-refractivity contribution < 1.29 is 62.6 Å². The number of carbonyl (C=O) groups excluding carboxylic acids is 5. The van der Waals surface area contributed by atoms with E-state index in [2.05, 4.69) is 62.0 Å². The highest BCUT2D eigenvalue weighted by molar-refractivity contribution is 5.98. The lowest BCUT2D eigenvalue weighted by molar-refractivity contribution is -0.384. The van der Waals surface area contributed by atoms with Gasteiger partial charge in [0, 0.05) is 24.4 Å². The second-order valence-corrected chi connectivity index (χ2v) is 23.7. The first kappa shape index (κ1) is 62.9. The Labute approximate surface area is 470 Å². The van der Waals surface area contributed by atoms with Gasteiger partial charge in [-0.2, -0.15) is 5.06 Å². The first-order valence-corrected chi connectivity index (χ1v) is 28.7. The number of rotatable bonds is 29. The van der Waals surface area contributed by atoms with E-state index in [1.165, 1.54) is 74.8 Å². The standard InChI is InChI=1S/C59H87N7O14/c1-37(2)10-8-11-39(5)47-23-24-48-46-22-15-41-34-45(25-27-58(41,6)49(46)26-28-59(47,48)7)80-65(56(71)72)30-31-76-32-33-77-36-51(67)64-52(38(3)4)54(69)63-50(12-9-29-61-55(60)70)53(68)62-42-16-13-40(14-17-42)35-78-57(73)79-44-20-18-43(19-21-44)66(74)75/h13-21,37-39,45-50,52H,8-12,22-36H2,1-7H3,(H,62,68)(H,63,69)(H,64,67)(H,71,72)(H3,60,61,70)/t39-,45+,46+,47-,48+,49+,50+,52+,58+,59-/m1/s1. The second kappa shape index (κ2) is 29.4. The maximum Gasteiger partial charge on any atom is 0.514 e. The van der Waals surface area contributed by atoms with E-state index in [9.17, 15) is 44.0 Å². The maximum absolute atomic E-state index is 13.7. The summed E-state index contributed by atoms with van der Waals surface area (Å²) in [7, 11) is 0. The van der Waals surface area contributed by atoms with Gasteiger partial charge in [-0.15, -0.1) is 0 Å². The lowest BCUT2D eigenvalue weighted by Crippen LogP contribution is -2.55. The molecule has 21 nitrogen and oxygen atoms in total. The number of amides is 6. The fourth-order valence-corrected chi connectivity index (χ4v) is 13.3. The molecule has 0 radical (unpaired) electrons. The van der Waals surface area contributed by atoms with E-state index in [1.807, 2.05) is 0 Å². The molecule has 0 aliphatic heterocycles. The third kappa shape index (κ3) is 17.3. The minimum Gasteiger partial charge on any atom is -0.463 e. The van der Waals surface area contributed by atoms with Crippen molar-refractivity contribution >= 4 is 47.4 Å². The van der Waals surface area contributed by atoms with E-state index in [-0.39, 0.29) is 75.3 Å². The number of hydrogen-bond donors (Lipinski definition) is 6. The van der Waals surface area contributed by atoms with Crippen LogP contribution < -0.4 is 31.7 Å². The summed E-state index contributed by atoms with van der Waals surface area (Å²) in [6.45, 7) is 15.4. The minimum atomic E-state index is -1.19. The Hall–Kier alpha value is -6.32. The number of nitro groups is 1. The van der Waals surface area contributed by atoms with Crippen LogP contribution in [0.3, 0.4) is 0 Å². The van der Waals surface area contributed by atoms with Crippen molar-refractivity contribution in [3.05, 3.63) is 75.9 Å². The Morgan fingerprint density at radius 3 is 2.24 bits per heavy atom. The number of ether oxygens (including phenoxy) is 4. The molecule has 10 atom stereocenters. The summed E-state index contributed by atoms with van der Waals surface area (Å²) in [6, 6.07) is 8.30. The molecule has 0 saturated heterocycles. The first-order valence-electron chi connectivity index (χ1n) is 28.7. The smallest absolute Gasteiger partial charge is 0.463 e. The number of urea groups is 1. The molecule has 3 saturated carbocycles. The third-order valence-electron chi connectivity index (χ3n) is 17.5. The van der Waals surface area contributed by atoms with Crippen molar-refractivity contribution in [2.24, 2.45) is 58.0 Å². The molecule has 0 unspecified atom stereocenters. The van der Waals surface area contributed by atoms with Gasteiger partial charge in [-0.3, -0.25) is 29.3 Å². The number of non-ortho nitro benzene ring substituents is 1. The lowest BCUT2D eigenvalue weighted by Gasteiger charge is -2.58. The topological polar surface area (TPSA) is 289 Å². The minimum absolute atomic E-state index is 0.00583. The van der Waals surface area contributed by atoms with Crippen LogP contribution in [0, 0.1) is 62.4 Å². The van der Waals surface area contributed by atoms with Gasteiger partial charge in [0.05, 0.1) is 37.4 Å². The van der Waals surface area contributed by atoms with E-state index in [4.69, 9.17) is 29.5 Å². The van der Waals surface area contributed by atoms with Crippen LogP contribution in [-0.4, -0.2) is 109 Å². The van der Waals surface area contributed by atoms with Gasteiger partial charge < -0.3 is 51.1 Å². The molecule has 2 aromatic carbocycles. The van der Waals surface area contributed by atoms with Crippen LogP contribution >= 0.6 is 0 Å². The average Bonchev–Trinajstić information content (AvgIpc) is 3.94. The molecule has 21 heteroatoms. The fourth-order valence-electron chi connectivity index (χ4n) is 13.3. The number of carbonyl (C=O) groups is 6. The number of benzene rings is 2. The number of hydroxylamine groups is 2. The zero-order valence-electron chi connectivity index (χ0n) is 47.8. The number of hydrogen-bond acceptors (Lipinski definition) is 13. The SMILES string of the molecule is CC(C)CCC[C@@H](C)[C@H]1CC[C@H]2[C@@H]3CC=C4C[C@@H](ON(CCOCCOCC(=O)N[C@H](C(=O)N[C@@H](CCCNC(N)=O)C(=O)Nc5ccc(COC(=O)Oc6ccc([N+](=O)[O-])cc6)cc5)C(C)C)C(=O)O)CC[C@]4(C)[C@H]3CC[C@]12C. The van der Waals surface area contributed by atoms with Crippen LogP contribution in [-0.2, 0) is 40.0 Å². The number of nitrogens with two attached hydrogens (primary N) is 1. The Balaban J connectivity index is 0.901. The molecule has 4 aliphatic rings. The van der Waals surface area contributed by atoms with Crippen molar-refractivity contribution in [2.45, 2.75) is 157 Å². The molecule has 4 aliphatic carbocycles. The van der Waals surface area contributed by atoms with Gasteiger partial charge in [0.1, 0.15) is 31.0 Å². The quantitative estimate of drug-likeness (QED) is 0.0110. The van der Waals surface area contributed by atoms with E-state index in [0.29, 0.717) is 28.5 Å². The van der Waals surface area contributed by atoms with Crippen molar-refractivity contribution in [3.63, 3.8) is 0 Å². The van der Waals surface area contributed by atoms with Gasteiger partial charge in [0.25, 0.3) is 5.69 Å². The maximum atomic E-state index is 13.7. The van der Waals surface area contributed by atoms with Crippen LogP contribution in [0.15, 0.2) is 60.2 Å². The number of nitrogens with one attached hydrogen (secondary N) is 4. The van der Waals surface area contributed by atoms with Crippen LogP contribution in [0.5, 0.6) is 5.75 Å². The predicted octanol–water partition coefficient (Wildman–Crippen LogP) is 9.68. The number of anilines is 1. The zero-order chi connectivity index (χ0) is 58.1. The molecule has 3 fully saturated rings. The molecule has 0 heterocycles. The zero-order valence-corrected chi connectivity index (χ0v) is 47.8. The van der Waals surface area contributed by atoms with E-state index in [1.54, 1.807) is 38.1 Å². The third-order valence-corrected chi connectivity index (χ3v) is 17.5. The van der Waals surface area contributed by atoms with Crippen molar-refractivity contribution in [2.75, 3.05) is 44.8 Å².